The van der Waals surface area contributed by atoms with Crippen molar-refractivity contribution in [1.82, 2.24) is 4.98 Å². The van der Waals surface area contributed by atoms with E-state index in [1.54, 1.807) is 29.5 Å². The minimum atomic E-state index is -0.367. The maximum atomic E-state index is 12.3. The molecule has 2 heterocycles. The second-order valence-corrected chi connectivity index (χ2v) is 7.46. The van der Waals surface area contributed by atoms with Crippen molar-refractivity contribution in [1.29, 1.82) is 0 Å². The van der Waals surface area contributed by atoms with Gasteiger partial charge in [0.15, 0.2) is 10.4 Å². The van der Waals surface area contributed by atoms with Crippen molar-refractivity contribution in [3.8, 4) is 10.6 Å². The van der Waals surface area contributed by atoms with Crippen LogP contribution < -0.4 is 5.32 Å². The Labute approximate surface area is 160 Å². The molecule has 0 unspecified atom stereocenters. The zero-order valence-corrected chi connectivity index (χ0v) is 15.8. The van der Waals surface area contributed by atoms with Gasteiger partial charge in [-0.1, -0.05) is 29.8 Å². The van der Waals surface area contributed by atoms with Crippen LogP contribution in [-0.2, 0) is 0 Å². The molecular formula is C18H10BrClN2O2S. The van der Waals surface area contributed by atoms with Crippen LogP contribution in [0.5, 0.6) is 0 Å². The van der Waals surface area contributed by atoms with Crippen molar-refractivity contribution in [3.05, 3.63) is 70.0 Å². The number of thiazole rings is 1. The highest BCUT2D eigenvalue weighted by Crippen LogP contribution is 2.34. The first-order chi connectivity index (χ1) is 12.1. The molecule has 0 bridgehead atoms. The summed E-state index contributed by atoms with van der Waals surface area (Å²) in [6, 6.07) is 16.7. The molecule has 2 aromatic carbocycles. The fourth-order valence-corrected chi connectivity index (χ4v) is 3.80. The number of halogens is 2. The van der Waals surface area contributed by atoms with Gasteiger partial charge in [-0.15, -0.1) is 11.3 Å². The smallest absolute Gasteiger partial charge is 0.291 e. The molecular weight excluding hydrogens is 424 g/mol. The maximum absolute atomic E-state index is 12.3. The minimum Gasteiger partial charge on any atom is -0.444 e. The fourth-order valence-electron chi connectivity index (χ4n) is 2.37. The number of hydrogen-bond donors (Lipinski definition) is 1. The summed E-state index contributed by atoms with van der Waals surface area (Å²) in [5.41, 5.74) is 2.35. The topological polar surface area (TPSA) is 55.1 Å². The number of nitrogens with one attached hydrogen (secondary N) is 1. The van der Waals surface area contributed by atoms with E-state index in [0.29, 0.717) is 15.4 Å². The number of aromatic nitrogens is 1. The van der Waals surface area contributed by atoms with Crippen molar-refractivity contribution in [2.75, 3.05) is 5.32 Å². The number of anilines is 1. The summed E-state index contributed by atoms with van der Waals surface area (Å²) in [6.07, 6.45) is 0. The summed E-state index contributed by atoms with van der Waals surface area (Å²) in [5, 5.41) is 4.09. The first-order valence-electron chi connectivity index (χ1n) is 7.32. The highest BCUT2D eigenvalue weighted by atomic mass is 79.9. The van der Waals surface area contributed by atoms with E-state index in [0.717, 1.165) is 20.8 Å². The molecule has 2 aromatic heterocycles. The summed E-state index contributed by atoms with van der Waals surface area (Å²) >= 11 is 11.0. The summed E-state index contributed by atoms with van der Waals surface area (Å²) in [5.74, 6) is -0.164. The Morgan fingerprint density at radius 2 is 2.00 bits per heavy atom. The highest BCUT2D eigenvalue weighted by Gasteiger charge is 2.14. The summed E-state index contributed by atoms with van der Waals surface area (Å²) in [4.78, 5) is 16.9. The predicted octanol–water partition coefficient (Wildman–Crippen LogP) is 6.22. The summed E-state index contributed by atoms with van der Waals surface area (Å²) in [7, 11) is 0. The van der Waals surface area contributed by atoms with E-state index in [1.807, 2.05) is 36.4 Å². The molecule has 1 amide bonds. The Morgan fingerprint density at radius 1 is 1.16 bits per heavy atom. The maximum Gasteiger partial charge on any atom is 0.291 e. The highest BCUT2D eigenvalue weighted by molar-refractivity contribution is 9.10. The largest absolute Gasteiger partial charge is 0.444 e. The van der Waals surface area contributed by atoms with E-state index < -0.39 is 0 Å². The van der Waals surface area contributed by atoms with E-state index in [9.17, 15) is 4.79 Å². The summed E-state index contributed by atoms with van der Waals surface area (Å²) < 4.78 is 6.87. The molecule has 4 nitrogen and oxygen atoms in total. The quantitative estimate of drug-likeness (QED) is 0.417. The molecule has 4 rings (SSSR count). The molecule has 0 radical (unpaired) electrons. The number of benzene rings is 2. The second kappa shape index (κ2) is 6.63. The molecule has 1 N–H and O–H groups in total. The molecule has 0 saturated carbocycles. The molecule has 0 aliphatic heterocycles. The van der Waals surface area contributed by atoms with Gasteiger partial charge in [0.05, 0.1) is 20.9 Å². The van der Waals surface area contributed by atoms with Gasteiger partial charge in [-0.05, 0) is 52.3 Å². The van der Waals surface area contributed by atoms with Crippen molar-refractivity contribution in [2.45, 2.75) is 0 Å². The Kier molecular flexibility index (Phi) is 4.33. The Bertz CT molecular complexity index is 1060. The van der Waals surface area contributed by atoms with Crippen LogP contribution in [0.15, 0.2) is 63.7 Å². The summed E-state index contributed by atoms with van der Waals surface area (Å²) in [6.45, 7) is 0. The third kappa shape index (κ3) is 3.33. The number of carbonyl (C=O) groups is 1. The van der Waals surface area contributed by atoms with Crippen molar-refractivity contribution in [3.63, 3.8) is 0 Å². The average molecular weight is 434 g/mol. The fraction of sp³-hybridized carbons (Fsp3) is 0. The molecule has 7 heteroatoms. The van der Waals surface area contributed by atoms with Gasteiger partial charge in [0.25, 0.3) is 5.91 Å². The second-order valence-electron chi connectivity index (χ2n) is 5.24. The zero-order chi connectivity index (χ0) is 17.4. The van der Waals surface area contributed by atoms with E-state index in [1.165, 1.54) is 0 Å². The van der Waals surface area contributed by atoms with E-state index in [4.69, 9.17) is 16.0 Å². The van der Waals surface area contributed by atoms with Crippen LogP contribution in [0.2, 0.25) is 5.02 Å². The van der Waals surface area contributed by atoms with Crippen LogP contribution in [-0.4, -0.2) is 10.9 Å². The van der Waals surface area contributed by atoms with Crippen LogP contribution in [0.3, 0.4) is 0 Å². The predicted molar refractivity (Wildman–Crippen MR) is 104 cm³/mol. The third-order valence-corrected chi connectivity index (χ3v) is 5.39. The number of rotatable bonds is 3. The molecule has 0 saturated heterocycles. The lowest BCUT2D eigenvalue weighted by atomic mass is 10.2. The van der Waals surface area contributed by atoms with Gasteiger partial charge in [0, 0.05) is 5.56 Å². The number of para-hydroxylation sites is 1. The van der Waals surface area contributed by atoms with Crippen LogP contribution in [0, 0.1) is 0 Å². The zero-order valence-electron chi connectivity index (χ0n) is 12.6. The molecule has 0 spiro atoms. The lowest BCUT2D eigenvalue weighted by molar-refractivity contribution is 0.0995. The lowest BCUT2D eigenvalue weighted by Crippen LogP contribution is -2.11. The van der Waals surface area contributed by atoms with Gasteiger partial charge in [-0.2, -0.15) is 0 Å². The van der Waals surface area contributed by atoms with Gasteiger partial charge >= 0.3 is 0 Å². The monoisotopic (exact) mass is 432 g/mol. The molecule has 0 fully saturated rings. The average Bonchev–Trinajstić information content (AvgIpc) is 3.23. The van der Waals surface area contributed by atoms with E-state index >= 15 is 0 Å². The van der Waals surface area contributed by atoms with Gasteiger partial charge in [0.2, 0.25) is 0 Å². The Balaban J connectivity index is 1.67. The van der Waals surface area contributed by atoms with Crippen LogP contribution in [0.4, 0.5) is 5.69 Å². The van der Waals surface area contributed by atoms with E-state index in [-0.39, 0.29) is 11.7 Å². The normalized spacial score (nSPS) is 11.0. The minimum absolute atomic E-state index is 0.202. The third-order valence-electron chi connectivity index (χ3n) is 3.55. The van der Waals surface area contributed by atoms with Gasteiger partial charge in [-0.3, -0.25) is 4.79 Å². The molecule has 0 atom stereocenters. The van der Waals surface area contributed by atoms with Crippen LogP contribution in [0.25, 0.3) is 20.8 Å². The number of amides is 1. The number of nitrogens with zero attached hydrogens (tertiary/aromatic N) is 1. The van der Waals surface area contributed by atoms with Crippen molar-refractivity contribution in [2.24, 2.45) is 0 Å². The molecule has 124 valence electrons. The van der Waals surface area contributed by atoms with Gasteiger partial charge in [0.1, 0.15) is 5.01 Å². The lowest BCUT2D eigenvalue weighted by Gasteiger charge is -2.07. The van der Waals surface area contributed by atoms with E-state index in [2.05, 4.69) is 26.2 Å². The molecule has 0 aliphatic carbocycles. The molecule has 0 aliphatic rings. The Morgan fingerprint density at radius 3 is 2.76 bits per heavy atom. The van der Waals surface area contributed by atoms with Gasteiger partial charge < -0.3 is 9.73 Å². The van der Waals surface area contributed by atoms with Crippen LogP contribution >= 0.6 is 38.9 Å². The van der Waals surface area contributed by atoms with Crippen molar-refractivity contribution < 1.29 is 9.21 Å². The van der Waals surface area contributed by atoms with Gasteiger partial charge in [-0.25, -0.2) is 4.98 Å². The standard InChI is InChI=1S/C18H10BrClN2O2S/c19-16-8-7-14(24-16)17(23)21-13-9-10(5-6-11(13)20)18-22-12-3-1-2-4-15(12)25-18/h1-9H,(H,21,23). The first kappa shape index (κ1) is 16.3. The molecule has 25 heavy (non-hydrogen) atoms. The van der Waals surface area contributed by atoms with Crippen molar-refractivity contribution >= 4 is 60.7 Å². The number of furan rings is 1. The first-order valence-corrected chi connectivity index (χ1v) is 9.31. The number of fused-ring (bicyclic) bond motifs is 1. The molecule has 4 aromatic rings. The number of carbonyl (C=O) groups excluding carboxylic acids is 1. The van der Waals surface area contributed by atoms with Crippen LogP contribution in [0.1, 0.15) is 10.6 Å². The number of hydrogen-bond acceptors (Lipinski definition) is 4. The SMILES string of the molecule is O=C(Nc1cc(-c2nc3ccccc3s2)ccc1Cl)c1ccc(Br)o1. The Hall–Kier alpha value is -2.15.